The number of unbranched alkanes of at least 4 members (excludes halogenated alkanes) is 47. The monoisotopic (exact) mass is 831 g/mol. The van der Waals surface area contributed by atoms with Crippen molar-refractivity contribution in [3.05, 3.63) is 0 Å². The summed E-state index contributed by atoms with van der Waals surface area (Å²) in [6.07, 6.45) is 71.4. The second-order valence-corrected chi connectivity index (χ2v) is 20.1. The molecule has 354 valence electrons. The Bertz CT molecular complexity index is 745. The fourth-order valence-electron chi connectivity index (χ4n) is 9.21. The summed E-state index contributed by atoms with van der Waals surface area (Å²) in [7, 11) is 0. The van der Waals surface area contributed by atoms with Gasteiger partial charge >= 0.3 is 5.97 Å². The van der Waals surface area contributed by atoms with Gasteiger partial charge in [0.1, 0.15) is 0 Å². The summed E-state index contributed by atoms with van der Waals surface area (Å²) in [5, 5.41) is 0. The van der Waals surface area contributed by atoms with Crippen LogP contribution in [-0.2, 0) is 9.53 Å². The maximum absolute atomic E-state index is 12.1. The molecular weight excluding hydrogens is 717 g/mol. The number of hydrogen-bond acceptors (Lipinski definition) is 2. The van der Waals surface area contributed by atoms with Crippen LogP contribution in [0.2, 0.25) is 0 Å². The van der Waals surface area contributed by atoms with Gasteiger partial charge in [-0.3, -0.25) is 4.79 Å². The average Bonchev–Trinajstić information content (AvgIpc) is 3.23. The van der Waals surface area contributed by atoms with Gasteiger partial charge in [0, 0.05) is 6.42 Å². The van der Waals surface area contributed by atoms with Gasteiger partial charge in [-0.05, 0) is 18.8 Å². The topological polar surface area (TPSA) is 26.3 Å². The Hall–Kier alpha value is -0.530. The highest BCUT2D eigenvalue weighted by atomic mass is 16.5. The molecule has 0 fully saturated rings. The van der Waals surface area contributed by atoms with Crippen molar-refractivity contribution in [2.24, 2.45) is 5.92 Å². The standard InChI is InChI=1S/C57H114O2/c1-4-5-6-7-8-9-10-11-12-13-14-15-16-17-18-19-20-21-22-23-24-25-26-27-28-29-30-31-32-33-36-39-42-45-48-51-54-57(58)59-55-52-49-46-43-40-37-34-35-38-41-44-47-50-53-56(2)3/h56H,4-55H2,1-3H3. The van der Waals surface area contributed by atoms with E-state index < -0.39 is 0 Å². The zero-order chi connectivity index (χ0) is 42.6. The van der Waals surface area contributed by atoms with Crippen LogP contribution in [0.5, 0.6) is 0 Å². The van der Waals surface area contributed by atoms with Crippen LogP contribution >= 0.6 is 0 Å². The average molecular weight is 832 g/mol. The number of hydrogen-bond donors (Lipinski definition) is 0. The van der Waals surface area contributed by atoms with Gasteiger partial charge in [-0.1, -0.05) is 329 Å². The normalized spacial score (nSPS) is 11.7. The molecule has 0 heterocycles. The van der Waals surface area contributed by atoms with E-state index in [1.54, 1.807) is 0 Å². The van der Waals surface area contributed by atoms with Gasteiger partial charge in [-0.2, -0.15) is 0 Å². The lowest BCUT2D eigenvalue weighted by molar-refractivity contribution is -0.143. The molecule has 0 spiro atoms. The van der Waals surface area contributed by atoms with Crippen LogP contribution < -0.4 is 0 Å². The Morgan fingerprint density at radius 2 is 0.492 bits per heavy atom. The fraction of sp³-hybridized carbons (Fsp3) is 0.982. The molecule has 0 bridgehead atoms. The van der Waals surface area contributed by atoms with Crippen LogP contribution in [0.3, 0.4) is 0 Å². The molecule has 0 aliphatic rings. The van der Waals surface area contributed by atoms with E-state index in [9.17, 15) is 4.79 Å². The van der Waals surface area contributed by atoms with Gasteiger partial charge in [0.25, 0.3) is 0 Å². The van der Waals surface area contributed by atoms with Gasteiger partial charge < -0.3 is 4.74 Å². The highest BCUT2D eigenvalue weighted by molar-refractivity contribution is 5.69. The number of carbonyl (C=O) groups excluding carboxylic acids is 1. The molecule has 59 heavy (non-hydrogen) atoms. The van der Waals surface area contributed by atoms with Crippen LogP contribution in [0.4, 0.5) is 0 Å². The summed E-state index contributed by atoms with van der Waals surface area (Å²) in [4.78, 5) is 12.1. The maximum Gasteiger partial charge on any atom is 0.305 e. The summed E-state index contributed by atoms with van der Waals surface area (Å²) in [6, 6.07) is 0. The van der Waals surface area contributed by atoms with Crippen molar-refractivity contribution in [3.63, 3.8) is 0 Å². The van der Waals surface area contributed by atoms with E-state index in [4.69, 9.17) is 4.74 Å². The number of rotatable bonds is 53. The van der Waals surface area contributed by atoms with Crippen molar-refractivity contribution in [2.45, 2.75) is 348 Å². The van der Waals surface area contributed by atoms with Crippen LogP contribution in [0.25, 0.3) is 0 Å². The molecule has 0 aromatic rings. The number of ether oxygens (including phenoxy) is 1. The first-order chi connectivity index (χ1) is 29.2. The fourth-order valence-corrected chi connectivity index (χ4v) is 9.21. The third-order valence-electron chi connectivity index (χ3n) is 13.4. The Kier molecular flexibility index (Phi) is 53.1. The first kappa shape index (κ1) is 58.5. The highest BCUT2D eigenvalue weighted by Crippen LogP contribution is 2.19. The number of esters is 1. The third kappa shape index (κ3) is 55.5. The third-order valence-corrected chi connectivity index (χ3v) is 13.4. The van der Waals surface area contributed by atoms with E-state index in [1.165, 1.54) is 308 Å². The molecule has 0 N–H and O–H groups in total. The second-order valence-electron chi connectivity index (χ2n) is 20.1. The zero-order valence-corrected chi connectivity index (χ0v) is 41.7. The van der Waals surface area contributed by atoms with Gasteiger partial charge in [0.15, 0.2) is 0 Å². The zero-order valence-electron chi connectivity index (χ0n) is 41.7. The predicted molar refractivity (Wildman–Crippen MR) is 267 cm³/mol. The molecule has 2 heteroatoms. The molecule has 0 atom stereocenters. The lowest BCUT2D eigenvalue weighted by atomic mass is 10.0. The minimum absolute atomic E-state index is 0.0334. The lowest BCUT2D eigenvalue weighted by Crippen LogP contribution is -2.05. The summed E-state index contributed by atoms with van der Waals surface area (Å²) < 4.78 is 5.50. The molecule has 2 nitrogen and oxygen atoms in total. The van der Waals surface area contributed by atoms with E-state index >= 15 is 0 Å². The van der Waals surface area contributed by atoms with E-state index in [-0.39, 0.29) is 5.97 Å². The lowest BCUT2D eigenvalue weighted by Gasteiger charge is -2.06. The summed E-state index contributed by atoms with van der Waals surface area (Å²) in [6.45, 7) is 7.62. The highest BCUT2D eigenvalue weighted by Gasteiger charge is 2.03. The van der Waals surface area contributed by atoms with E-state index in [0.29, 0.717) is 13.0 Å². The molecule has 0 aromatic carbocycles. The van der Waals surface area contributed by atoms with Gasteiger partial charge in [-0.15, -0.1) is 0 Å². The quantitative estimate of drug-likeness (QED) is 0.0451. The van der Waals surface area contributed by atoms with Crippen molar-refractivity contribution in [3.8, 4) is 0 Å². The molecule has 0 aromatic heterocycles. The van der Waals surface area contributed by atoms with Crippen LogP contribution in [0, 0.1) is 5.92 Å². The van der Waals surface area contributed by atoms with Gasteiger partial charge in [-0.25, -0.2) is 0 Å². The Balaban J connectivity index is 3.13. The molecule has 0 saturated carbocycles. The molecule has 0 aliphatic heterocycles. The Morgan fingerprint density at radius 3 is 0.729 bits per heavy atom. The van der Waals surface area contributed by atoms with E-state index in [0.717, 1.165) is 18.8 Å². The first-order valence-electron chi connectivity index (χ1n) is 28.3. The smallest absolute Gasteiger partial charge is 0.305 e. The molecule has 0 aliphatic carbocycles. The molecule has 0 unspecified atom stereocenters. The van der Waals surface area contributed by atoms with Crippen molar-refractivity contribution in [1.29, 1.82) is 0 Å². The Morgan fingerprint density at radius 1 is 0.288 bits per heavy atom. The van der Waals surface area contributed by atoms with E-state index in [1.807, 2.05) is 0 Å². The SMILES string of the molecule is CCCCCCCCCCCCCCCCCCCCCCCCCCCCCCCCCCCCCCC(=O)OCCCCCCCCCCCCCCCC(C)C. The minimum Gasteiger partial charge on any atom is -0.466 e. The minimum atomic E-state index is 0.0334. The van der Waals surface area contributed by atoms with Crippen LogP contribution in [0.15, 0.2) is 0 Å². The van der Waals surface area contributed by atoms with Gasteiger partial charge in [0.2, 0.25) is 0 Å². The maximum atomic E-state index is 12.1. The second kappa shape index (κ2) is 53.6. The van der Waals surface area contributed by atoms with Crippen molar-refractivity contribution >= 4 is 5.97 Å². The van der Waals surface area contributed by atoms with Crippen molar-refractivity contribution < 1.29 is 9.53 Å². The van der Waals surface area contributed by atoms with Crippen LogP contribution in [-0.4, -0.2) is 12.6 Å². The van der Waals surface area contributed by atoms with Crippen LogP contribution in [0.1, 0.15) is 348 Å². The first-order valence-corrected chi connectivity index (χ1v) is 28.3. The number of carbonyl (C=O) groups is 1. The molecule has 0 saturated heterocycles. The molecule has 0 amide bonds. The largest absolute Gasteiger partial charge is 0.466 e. The Labute approximate surface area is 374 Å². The molecular formula is C57H114O2. The predicted octanol–water partition coefficient (Wildman–Crippen LogP) is 21.1. The molecule has 0 radical (unpaired) electrons. The van der Waals surface area contributed by atoms with Crippen molar-refractivity contribution in [2.75, 3.05) is 6.61 Å². The van der Waals surface area contributed by atoms with E-state index in [2.05, 4.69) is 20.8 Å². The van der Waals surface area contributed by atoms with Crippen molar-refractivity contribution in [1.82, 2.24) is 0 Å². The summed E-state index contributed by atoms with van der Waals surface area (Å²) in [5.41, 5.74) is 0. The molecule has 0 rings (SSSR count). The summed E-state index contributed by atoms with van der Waals surface area (Å²) >= 11 is 0. The summed E-state index contributed by atoms with van der Waals surface area (Å²) in [5.74, 6) is 0.906. The van der Waals surface area contributed by atoms with Gasteiger partial charge in [0.05, 0.1) is 6.61 Å².